The van der Waals surface area contributed by atoms with Gasteiger partial charge in [0.1, 0.15) is 42.7 Å². The first kappa shape index (κ1) is 113. The van der Waals surface area contributed by atoms with Crippen LogP contribution in [0.15, 0.2) is 109 Å². The monoisotopic (exact) mass is 2110 g/mol. The number of nitrogens with two attached hydrogens (primary N) is 2. The summed E-state index contributed by atoms with van der Waals surface area (Å²) < 4.78 is 304. The van der Waals surface area contributed by atoms with Crippen molar-refractivity contribution < 1.29 is 206 Å². The first-order chi connectivity index (χ1) is 56.3. The number of fused-ring (bicyclic) bond motifs is 2. The highest BCUT2D eigenvalue weighted by Crippen LogP contribution is 2.34. The van der Waals surface area contributed by atoms with E-state index in [1.165, 1.54) is 30.3 Å². The van der Waals surface area contributed by atoms with Gasteiger partial charge in [-0.1, -0.05) is 30.3 Å². The summed E-state index contributed by atoms with van der Waals surface area (Å²) in [5, 5.41) is 35.7. The topological polar surface area (TPSA) is 522 Å². The van der Waals surface area contributed by atoms with Gasteiger partial charge in [-0.15, -0.1) is 13.8 Å². The van der Waals surface area contributed by atoms with Crippen LogP contribution in [0.4, 0.5) is 75.9 Å². The van der Waals surface area contributed by atoms with Crippen molar-refractivity contribution >= 4 is 117 Å². The van der Waals surface area contributed by atoms with Gasteiger partial charge < -0.3 is 75.4 Å². The van der Waals surface area contributed by atoms with Crippen molar-refractivity contribution in [3.63, 3.8) is 0 Å². The quantitative estimate of drug-likeness (QED) is 0.00578. The summed E-state index contributed by atoms with van der Waals surface area (Å²) in [4.78, 5) is 77.1. The Bertz CT molecular complexity index is 4990. The van der Waals surface area contributed by atoms with Gasteiger partial charge in [0.05, 0.1) is 85.3 Å². The molecular formula is C70H77F16I2N5O29S3. The van der Waals surface area contributed by atoms with Crippen molar-refractivity contribution in [3.05, 3.63) is 202 Å². The van der Waals surface area contributed by atoms with E-state index in [0.29, 0.717) is 53.3 Å². The molecule has 0 unspecified atom stereocenters. The van der Waals surface area contributed by atoms with Crippen molar-refractivity contribution in [2.45, 2.75) is 126 Å². The van der Waals surface area contributed by atoms with E-state index in [-0.39, 0.29) is 101 Å². The average molecular weight is 2110 g/mol. The number of nitrogens with zero attached hydrogens (tertiary/aromatic N) is 2. The minimum Gasteiger partial charge on any atom is -0.478 e. The van der Waals surface area contributed by atoms with Gasteiger partial charge >= 0.3 is 58.8 Å². The summed E-state index contributed by atoms with van der Waals surface area (Å²) in [5.41, 5.74) is -12.8. The number of nitrogen functional groups attached to an aromatic ring is 1. The third-order valence-corrected chi connectivity index (χ3v) is 20.1. The lowest BCUT2D eigenvalue weighted by atomic mass is 9.98. The molecule has 0 saturated carbocycles. The Morgan fingerprint density at radius 3 is 1.18 bits per heavy atom. The maximum absolute atomic E-state index is 13.8. The standard InChI is InChI=1S/C14H8F3IO2.C14H15NO5.C8H5NO3.C7H11F3O5S.C7H3F3O2.C6H5FIN.C6H13NO3.C6H12O3.C2F6O5S2.H3N.H2O/c15-11-4-3-9(14(19)20)10(13(11)17)5-7-1-2-8(18)6-12(7)16;1-14(2)18-7-9(20-14)8-19-15-12(16)10-5-3-4-6-11(10)13(15)17;10-7-5-3-1-2-4-6(5)8(11)9(7)12;1-6(2)13-3-5(15-6)4-14-16(11,12)7(8,9)10;8-4-2-1-3(7(11)12)5(9)6(4)10;7-5-3-4(8)1-2-6(5)9;1-6(2)8-3-5(10-6)4-9-7;1-6(2)8-4-5(3-7)9-6;3-1(4,5)14(9,10)13-15(11,12)2(6,7)8;;/h1-4,6H,5H2,(H,19,20);3-6,9H,7-8H2,1-2H3;1-4,12H;5H,3-4H2,1-2H3;1-2H,(H,11,12);1-3H,9H2;5H,3-4,7H2,1-2H3;5,7H,3-4H2,1-2H3;;1H3;1H2/t;9-;;5-;;;2*5-;;;/m.1.1..10.../s1. The number of hydrogen-bond acceptors (Lipinski definition) is 29. The number of benzene rings is 6. The minimum atomic E-state index is -6.85. The van der Waals surface area contributed by atoms with E-state index in [9.17, 15) is 124 Å². The van der Waals surface area contributed by atoms with Gasteiger partial charge in [-0.2, -0.15) is 64.8 Å². The molecule has 13 N–H and O–H groups in total. The van der Waals surface area contributed by atoms with Crippen molar-refractivity contribution in [3.8, 4) is 0 Å². The summed E-state index contributed by atoms with van der Waals surface area (Å²) >= 11 is 3.94. The van der Waals surface area contributed by atoms with Gasteiger partial charge in [0.25, 0.3) is 23.6 Å². The molecule has 4 fully saturated rings. The number of carboxylic acid groups (broad SMARTS) is 2. The summed E-state index contributed by atoms with van der Waals surface area (Å²) in [6.07, 6.45) is -1.59. The molecule has 0 radical (unpaired) electrons. The van der Waals surface area contributed by atoms with Crippen LogP contribution < -0.4 is 17.8 Å². The van der Waals surface area contributed by atoms with Crippen molar-refractivity contribution in [1.82, 2.24) is 16.3 Å². The number of anilines is 1. The number of imide groups is 2. The molecule has 6 heterocycles. The van der Waals surface area contributed by atoms with E-state index in [1.807, 2.05) is 76.5 Å². The summed E-state index contributed by atoms with van der Waals surface area (Å²) in [5.74, 6) is -11.1. The fourth-order valence-corrected chi connectivity index (χ4v) is 12.5. The lowest BCUT2D eigenvalue weighted by Gasteiger charge is -2.18. The zero-order chi connectivity index (χ0) is 93.9. The zero-order valence-electron chi connectivity index (χ0n) is 65.4. The number of aromatic carboxylic acids is 2. The lowest BCUT2D eigenvalue weighted by Crippen LogP contribution is -2.34. The van der Waals surface area contributed by atoms with E-state index in [0.717, 1.165) is 20.8 Å². The fourth-order valence-electron chi connectivity index (χ4n) is 9.56. The van der Waals surface area contributed by atoms with Crippen LogP contribution in [0, 0.1) is 47.9 Å². The molecule has 34 nitrogen and oxygen atoms in total. The zero-order valence-corrected chi connectivity index (χ0v) is 72.2. The van der Waals surface area contributed by atoms with Gasteiger partial charge in [-0.3, -0.25) is 33.4 Å². The fraction of sp³-hybridized carbons (Fsp3) is 0.400. The van der Waals surface area contributed by atoms with Crippen molar-refractivity contribution in [2.75, 3.05) is 58.6 Å². The number of alkyl halides is 9. The van der Waals surface area contributed by atoms with E-state index < -0.39 is 159 Å². The summed E-state index contributed by atoms with van der Waals surface area (Å²) in [6.45, 7) is 15.4. The number of aliphatic hydroxyl groups excluding tert-OH is 1. The predicted molar refractivity (Wildman–Crippen MR) is 411 cm³/mol. The number of carboxylic acids is 2. The van der Waals surface area contributed by atoms with Crippen LogP contribution in [0.3, 0.4) is 0 Å². The van der Waals surface area contributed by atoms with Crippen LogP contribution in [-0.4, -0.2) is 214 Å². The van der Waals surface area contributed by atoms with Crippen LogP contribution in [0.2, 0.25) is 0 Å². The van der Waals surface area contributed by atoms with E-state index in [2.05, 4.69) is 9.02 Å². The highest BCUT2D eigenvalue weighted by molar-refractivity contribution is 14.1. The average Bonchev–Trinajstić information content (AvgIpc) is 1.74. The van der Waals surface area contributed by atoms with Gasteiger partial charge in [0, 0.05) is 19.1 Å². The molecule has 6 aliphatic rings. The van der Waals surface area contributed by atoms with Crippen molar-refractivity contribution in [1.29, 1.82) is 0 Å². The smallest absolute Gasteiger partial charge is 0.478 e. The molecule has 55 heteroatoms. The third-order valence-electron chi connectivity index (χ3n) is 15.1. The molecule has 125 heavy (non-hydrogen) atoms. The Kier molecular flexibility index (Phi) is 42.2. The molecule has 0 aliphatic carbocycles. The van der Waals surface area contributed by atoms with Crippen LogP contribution >= 0.6 is 45.2 Å². The highest BCUT2D eigenvalue weighted by atomic mass is 127. The molecule has 4 amide bonds. The number of carbonyl (C=O) groups is 6. The number of amides is 4. The largest absolute Gasteiger partial charge is 0.524 e. The molecule has 4 saturated heterocycles. The van der Waals surface area contributed by atoms with Crippen molar-refractivity contribution in [2.24, 2.45) is 5.90 Å². The Morgan fingerprint density at radius 1 is 0.488 bits per heavy atom. The minimum absolute atomic E-state index is 0. The van der Waals surface area contributed by atoms with Crippen LogP contribution in [-0.2, 0) is 92.2 Å². The Hall–Kier alpha value is -8.15. The molecule has 700 valence electrons. The first-order valence-electron chi connectivity index (χ1n) is 33.8. The number of aliphatic hydroxyl groups is 1. The number of carbonyl (C=O) groups excluding carboxylic acids is 4. The SMILES string of the molecule is CC1(C)OC[C@H](CO)O1.CC1(C)OC[C@H](CON)O1.CC1(C)OC[C@H](CON2C(=O)c3ccccc3C2=O)O1.CC1(C)OC[C@H](COS(=O)(=O)C(F)(F)F)O1.N.Nc1ccc(I)cc1F.O.O=C(O)c1ccc(F)c(F)c1Cc1ccc(I)cc1F.O=C(O)c1ccc(F)c(F)c1F.O=C1c2ccccc2C(=O)N1O.O=S(=O)(OS(=O)(=O)C(F)(F)F)C(F)(F)F. The van der Waals surface area contributed by atoms with E-state index >= 15 is 0 Å². The third kappa shape index (κ3) is 33.8. The maximum atomic E-state index is 13.8. The molecule has 6 aromatic rings. The van der Waals surface area contributed by atoms with E-state index in [1.54, 1.807) is 82.3 Å². The molecule has 12 rings (SSSR count). The number of rotatable bonds is 15. The van der Waals surface area contributed by atoms with E-state index in [4.69, 9.17) is 74.9 Å². The highest BCUT2D eigenvalue weighted by Gasteiger charge is 2.58. The second-order valence-electron chi connectivity index (χ2n) is 26.4. The Balaban J connectivity index is 0.000000482. The second-order valence-corrected chi connectivity index (χ2v) is 33.8. The molecule has 0 aromatic heterocycles. The van der Waals surface area contributed by atoms with Gasteiger partial charge in [-0.25, -0.2) is 46.2 Å². The number of hydrogen-bond donors (Lipinski definition) is 7. The first-order valence-corrected chi connectivity index (χ1v) is 40.2. The van der Waals surface area contributed by atoms with Gasteiger partial charge in [0.2, 0.25) is 0 Å². The maximum Gasteiger partial charge on any atom is 0.524 e. The van der Waals surface area contributed by atoms with Crippen LogP contribution in [0.1, 0.15) is 129 Å². The molecule has 6 aliphatic heterocycles. The van der Waals surface area contributed by atoms with Crippen LogP contribution in [0.25, 0.3) is 0 Å². The number of hydroxylamine groups is 4. The van der Waals surface area contributed by atoms with Crippen LogP contribution in [0.5, 0.6) is 0 Å². The molecule has 0 bridgehead atoms. The molecule has 6 aromatic carbocycles. The summed E-state index contributed by atoms with van der Waals surface area (Å²) in [7, 11) is -19.3. The second kappa shape index (κ2) is 46.7. The predicted octanol–water partition coefficient (Wildman–Crippen LogP) is 11.1. The number of ether oxygens (including phenoxy) is 8. The Morgan fingerprint density at radius 2 is 0.840 bits per heavy atom. The lowest BCUT2D eigenvalue weighted by molar-refractivity contribution is -0.163. The molecule has 0 spiro atoms. The van der Waals surface area contributed by atoms with Gasteiger partial charge in [0.15, 0.2) is 52.2 Å². The Labute approximate surface area is 726 Å². The molecule has 4 atom stereocenters. The normalized spacial score (nSPS) is 18.7. The molecular weight excluding hydrogens is 2030 g/mol. The number of halogens is 18. The summed E-state index contributed by atoms with van der Waals surface area (Å²) in [6, 6.07) is 24.9. The van der Waals surface area contributed by atoms with Gasteiger partial charge in [-0.05, 0) is 185 Å².